The standard InChI is InChI=1S/C37H47N19O6/c1-39-27(3-21-9-41-15-47-21)33(58)53-29(5-23-11-43-17-49-23)35(60)55-31(7-25-13-45-19-51-25)37(62)56-30(6-24-12-44-18-50-24)36(61)54-28(4-22-10-42-16-48-22)34(59)52-26(32(38)57)2-20-8-40-14-46-20/h8-19,26-31,39H,2-7H2,1H3,(H2,38,57)(H,40,46)(H,41,47)(H,42,48)(H,43,49)(H,44,50)(H,45,51)(H,52,59)(H,53,58)(H,54,61)(H,55,60)(H,56,62)/t26-,27-,28-,29-,30?,31-/m0/s1. The quantitative estimate of drug-likeness (QED) is 0.0279. The van der Waals surface area contributed by atoms with E-state index in [2.05, 4.69) is 91.7 Å². The summed E-state index contributed by atoms with van der Waals surface area (Å²) < 4.78 is 0. The van der Waals surface area contributed by atoms with Crippen molar-refractivity contribution in [3.63, 3.8) is 0 Å². The van der Waals surface area contributed by atoms with Crippen LogP contribution in [0, 0.1) is 0 Å². The molecule has 6 aromatic rings. The Labute approximate surface area is 352 Å². The molecule has 0 saturated heterocycles. The highest BCUT2D eigenvalue weighted by Crippen LogP contribution is 2.09. The summed E-state index contributed by atoms with van der Waals surface area (Å²) in [6.07, 6.45) is 17.4. The fourth-order valence-electron chi connectivity index (χ4n) is 6.44. The third-order valence-corrected chi connectivity index (χ3v) is 9.73. The molecule has 0 bridgehead atoms. The third-order valence-electron chi connectivity index (χ3n) is 9.73. The fourth-order valence-corrected chi connectivity index (χ4v) is 6.44. The maximum Gasteiger partial charge on any atom is 0.243 e. The molecule has 6 heterocycles. The lowest BCUT2D eigenvalue weighted by Gasteiger charge is -2.27. The number of aromatic nitrogens is 12. The zero-order valence-corrected chi connectivity index (χ0v) is 33.3. The van der Waals surface area contributed by atoms with E-state index in [1.807, 2.05) is 0 Å². The van der Waals surface area contributed by atoms with Gasteiger partial charge in [-0.05, 0) is 7.05 Å². The number of hydrogen-bond acceptors (Lipinski definition) is 13. The normalized spacial score (nSPS) is 14.1. The van der Waals surface area contributed by atoms with Crippen molar-refractivity contribution < 1.29 is 28.8 Å². The van der Waals surface area contributed by atoms with Crippen LogP contribution in [0.4, 0.5) is 0 Å². The van der Waals surface area contributed by atoms with Gasteiger partial charge in [0.05, 0.1) is 44.0 Å². The van der Waals surface area contributed by atoms with E-state index in [0.29, 0.717) is 34.2 Å². The molecule has 0 aliphatic heterocycles. The Morgan fingerprint density at radius 2 is 0.613 bits per heavy atom. The van der Waals surface area contributed by atoms with Gasteiger partial charge in [-0.25, -0.2) is 29.9 Å². The molecule has 14 N–H and O–H groups in total. The van der Waals surface area contributed by atoms with E-state index in [-0.39, 0.29) is 38.5 Å². The molecule has 0 spiro atoms. The van der Waals surface area contributed by atoms with Crippen LogP contribution in [-0.2, 0) is 67.3 Å². The Bertz CT molecular complexity index is 2290. The molecule has 6 aromatic heterocycles. The van der Waals surface area contributed by atoms with Crippen molar-refractivity contribution in [3.8, 4) is 0 Å². The van der Waals surface area contributed by atoms with E-state index >= 15 is 0 Å². The first-order valence-corrected chi connectivity index (χ1v) is 19.4. The zero-order chi connectivity index (χ0) is 43.8. The number of nitrogens with one attached hydrogen (secondary N) is 12. The van der Waals surface area contributed by atoms with E-state index in [1.165, 1.54) is 68.9 Å². The van der Waals surface area contributed by atoms with Crippen molar-refractivity contribution >= 4 is 35.4 Å². The fraction of sp³-hybridized carbons (Fsp3) is 0.351. The predicted octanol–water partition coefficient (Wildman–Crippen LogP) is -3.72. The molecule has 0 aliphatic carbocycles. The second-order valence-electron chi connectivity index (χ2n) is 14.2. The van der Waals surface area contributed by atoms with Crippen molar-refractivity contribution in [2.24, 2.45) is 5.73 Å². The van der Waals surface area contributed by atoms with Gasteiger partial charge >= 0.3 is 0 Å². The number of amides is 6. The molecule has 25 nitrogen and oxygen atoms in total. The minimum Gasteiger partial charge on any atom is -0.368 e. The van der Waals surface area contributed by atoms with E-state index < -0.39 is 71.7 Å². The van der Waals surface area contributed by atoms with Crippen molar-refractivity contribution in [2.75, 3.05) is 7.05 Å². The van der Waals surface area contributed by atoms with E-state index in [1.54, 1.807) is 13.2 Å². The lowest BCUT2D eigenvalue weighted by atomic mass is 10.0. The lowest BCUT2D eigenvalue weighted by molar-refractivity contribution is -0.135. The molecular weight excluding hydrogens is 807 g/mol. The van der Waals surface area contributed by atoms with Gasteiger partial charge in [-0.2, -0.15) is 0 Å². The topological polar surface area (TPSA) is 373 Å². The van der Waals surface area contributed by atoms with Gasteiger partial charge in [0.1, 0.15) is 30.2 Å². The number of nitrogens with zero attached hydrogens (tertiary/aromatic N) is 6. The van der Waals surface area contributed by atoms with Crippen LogP contribution < -0.4 is 37.6 Å². The van der Waals surface area contributed by atoms with E-state index in [9.17, 15) is 28.8 Å². The first-order valence-electron chi connectivity index (χ1n) is 19.4. The largest absolute Gasteiger partial charge is 0.368 e. The minimum absolute atomic E-state index is 0.00142. The number of rotatable bonds is 24. The summed E-state index contributed by atoms with van der Waals surface area (Å²) in [7, 11) is 1.61. The van der Waals surface area contributed by atoms with Gasteiger partial charge < -0.3 is 67.5 Å². The van der Waals surface area contributed by atoms with Crippen LogP contribution in [0.2, 0.25) is 0 Å². The van der Waals surface area contributed by atoms with Gasteiger partial charge in [0.25, 0.3) is 0 Å². The Morgan fingerprint density at radius 1 is 0.403 bits per heavy atom. The first kappa shape index (κ1) is 43.6. The van der Waals surface area contributed by atoms with Crippen molar-refractivity contribution in [3.05, 3.63) is 109 Å². The Morgan fingerprint density at radius 3 is 0.823 bits per heavy atom. The van der Waals surface area contributed by atoms with Crippen molar-refractivity contribution in [1.82, 2.24) is 91.7 Å². The number of nitrogens with two attached hydrogens (primary N) is 1. The summed E-state index contributed by atoms with van der Waals surface area (Å²) >= 11 is 0. The molecule has 0 fully saturated rings. The van der Waals surface area contributed by atoms with Crippen molar-refractivity contribution in [1.29, 1.82) is 0 Å². The van der Waals surface area contributed by atoms with Crippen LogP contribution in [-0.4, -0.2) is 139 Å². The lowest BCUT2D eigenvalue weighted by Crippen LogP contribution is -2.61. The van der Waals surface area contributed by atoms with Crippen LogP contribution in [0.5, 0.6) is 0 Å². The molecule has 0 aromatic carbocycles. The second-order valence-corrected chi connectivity index (χ2v) is 14.2. The van der Waals surface area contributed by atoms with Crippen LogP contribution in [0.25, 0.3) is 0 Å². The second kappa shape index (κ2) is 21.3. The number of primary amides is 1. The summed E-state index contributed by atoms with van der Waals surface area (Å²) in [5, 5.41) is 16.5. The molecule has 6 amide bonds. The van der Waals surface area contributed by atoms with Gasteiger partial charge in [0, 0.05) is 110 Å². The maximum atomic E-state index is 14.3. The number of carbonyl (C=O) groups excluding carboxylic acids is 6. The number of hydrogen-bond donors (Lipinski definition) is 13. The van der Waals surface area contributed by atoms with Crippen molar-refractivity contribution in [2.45, 2.75) is 74.8 Å². The van der Waals surface area contributed by atoms with Gasteiger partial charge in [-0.3, -0.25) is 28.8 Å². The first-order chi connectivity index (χ1) is 30.0. The predicted molar refractivity (Wildman–Crippen MR) is 215 cm³/mol. The van der Waals surface area contributed by atoms with Gasteiger partial charge in [-0.15, -0.1) is 0 Å². The maximum absolute atomic E-state index is 14.3. The summed E-state index contributed by atoms with van der Waals surface area (Å²) in [6, 6.07) is -7.09. The molecule has 25 heteroatoms. The van der Waals surface area contributed by atoms with Gasteiger partial charge in [0.2, 0.25) is 35.4 Å². The molecule has 0 saturated carbocycles. The van der Waals surface area contributed by atoms with Crippen LogP contribution in [0.15, 0.2) is 75.1 Å². The third kappa shape index (κ3) is 12.5. The molecule has 326 valence electrons. The molecule has 0 aliphatic rings. The Kier molecular flexibility index (Phi) is 15.0. The smallest absolute Gasteiger partial charge is 0.243 e. The van der Waals surface area contributed by atoms with E-state index in [0.717, 1.165) is 0 Å². The highest BCUT2D eigenvalue weighted by molar-refractivity contribution is 5.97. The molecule has 0 radical (unpaired) electrons. The van der Waals surface area contributed by atoms with Gasteiger partial charge in [0.15, 0.2) is 0 Å². The number of imidazole rings is 6. The average Bonchev–Trinajstić information content (AvgIpc) is 4.11. The number of likely N-dealkylation sites (N-methyl/N-ethyl adjacent to an activating group) is 1. The Balaban J connectivity index is 1.22. The number of carbonyl (C=O) groups is 6. The summed E-state index contributed by atoms with van der Waals surface area (Å²) in [6.45, 7) is 0. The minimum atomic E-state index is -1.35. The zero-order valence-electron chi connectivity index (χ0n) is 33.3. The van der Waals surface area contributed by atoms with Crippen LogP contribution in [0.1, 0.15) is 34.2 Å². The molecule has 6 rings (SSSR count). The summed E-state index contributed by atoms with van der Waals surface area (Å²) in [4.78, 5) is 124. The summed E-state index contributed by atoms with van der Waals surface area (Å²) in [5.74, 6) is -4.35. The number of aromatic amines is 6. The highest BCUT2D eigenvalue weighted by Gasteiger charge is 2.34. The van der Waals surface area contributed by atoms with Crippen LogP contribution in [0.3, 0.4) is 0 Å². The summed E-state index contributed by atoms with van der Waals surface area (Å²) in [5.41, 5.74) is 8.79. The number of H-pyrrole nitrogens is 6. The highest BCUT2D eigenvalue weighted by atomic mass is 16.2. The molecule has 6 atom stereocenters. The van der Waals surface area contributed by atoms with E-state index in [4.69, 9.17) is 5.73 Å². The average molecular weight is 854 g/mol. The molecule has 1 unspecified atom stereocenters. The van der Waals surface area contributed by atoms with Crippen LogP contribution >= 0.6 is 0 Å². The van der Waals surface area contributed by atoms with Gasteiger partial charge in [-0.1, -0.05) is 0 Å². The molecular formula is C37H47N19O6. The Hall–Kier alpha value is -7.96. The monoisotopic (exact) mass is 853 g/mol. The SMILES string of the molecule is CN[C@@H](Cc1cnc[nH]1)C(=O)N[C@@H](Cc1cnc[nH]1)C(=O)N[C@@H](Cc1cnc[nH]1)C(=O)NC(Cc1cnc[nH]1)C(=O)N[C@@H](Cc1cnc[nH]1)C(=O)N[C@@H](Cc1cnc[nH]1)C(N)=O. The molecule has 62 heavy (non-hydrogen) atoms.